The van der Waals surface area contributed by atoms with E-state index in [1.54, 1.807) is 25.4 Å². The van der Waals surface area contributed by atoms with Crippen LogP contribution < -0.4 is 14.8 Å². The van der Waals surface area contributed by atoms with Crippen molar-refractivity contribution in [1.82, 2.24) is 14.9 Å². The highest BCUT2D eigenvalue weighted by Crippen LogP contribution is 2.30. The van der Waals surface area contributed by atoms with E-state index in [9.17, 15) is 4.79 Å². The summed E-state index contributed by atoms with van der Waals surface area (Å²) in [6.45, 7) is 4.12. The Morgan fingerprint density at radius 1 is 1.18 bits per heavy atom. The lowest BCUT2D eigenvalue weighted by Crippen LogP contribution is -2.24. The summed E-state index contributed by atoms with van der Waals surface area (Å²) < 4.78 is 12.7. The minimum Gasteiger partial charge on any atom is -0.496 e. The summed E-state index contributed by atoms with van der Waals surface area (Å²) in [6, 6.07) is 7.15. The number of amides is 1. The Morgan fingerprint density at radius 3 is 2.54 bits per heavy atom. The highest BCUT2D eigenvalue weighted by atomic mass is 35.5. The van der Waals surface area contributed by atoms with Crippen molar-refractivity contribution >= 4 is 17.5 Å². The summed E-state index contributed by atoms with van der Waals surface area (Å²) in [7, 11) is 3.15. The molecule has 0 aliphatic rings. The zero-order valence-corrected chi connectivity index (χ0v) is 17.0. The molecular formula is C21H22ClN3O3. The highest BCUT2D eigenvalue weighted by molar-refractivity contribution is 6.33. The van der Waals surface area contributed by atoms with Crippen LogP contribution in [0.1, 0.15) is 27.2 Å². The Balaban J connectivity index is 1.84. The van der Waals surface area contributed by atoms with Crippen LogP contribution in [0.4, 0.5) is 0 Å². The number of carbonyl (C=O) groups is 1. The maximum Gasteiger partial charge on any atom is 0.255 e. The number of ether oxygens (including phenoxy) is 2. The third-order valence-electron chi connectivity index (χ3n) is 4.56. The number of pyridine rings is 1. The molecule has 0 bridgehead atoms. The molecular weight excluding hydrogens is 378 g/mol. The molecule has 0 radical (unpaired) electrons. The first-order valence-corrected chi connectivity index (χ1v) is 9.12. The fourth-order valence-electron chi connectivity index (χ4n) is 3.09. The topological polar surface area (TPSA) is 65.4 Å². The molecule has 0 fully saturated rings. The molecule has 146 valence electrons. The molecule has 0 unspecified atom stereocenters. The van der Waals surface area contributed by atoms with E-state index in [0.717, 1.165) is 28.3 Å². The molecule has 6 nitrogen and oxygen atoms in total. The quantitative estimate of drug-likeness (QED) is 0.678. The molecule has 1 N–H and O–H groups in total. The van der Waals surface area contributed by atoms with Crippen LogP contribution in [0.5, 0.6) is 11.5 Å². The van der Waals surface area contributed by atoms with E-state index in [2.05, 4.69) is 10.3 Å². The van der Waals surface area contributed by atoms with Crippen molar-refractivity contribution in [3.63, 3.8) is 0 Å². The molecule has 0 spiro atoms. The number of nitrogens with one attached hydrogen (secondary N) is 1. The first-order valence-electron chi connectivity index (χ1n) is 8.74. The van der Waals surface area contributed by atoms with Crippen LogP contribution >= 0.6 is 11.6 Å². The lowest BCUT2D eigenvalue weighted by molar-refractivity contribution is 0.0947. The number of aryl methyl sites for hydroxylation is 1. The highest BCUT2D eigenvalue weighted by Gasteiger charge is 2.17. The van der Waals surface area contributed by atoms with Gasteiger partial charge in [0.25, 0.3) is 5.91 Å². The van der Waals surface area contributed by atoms with Crippen LogP contribution in [0.3, 0.4) is 0 Å². The van der Waals surface area contributed by atoms with Gasteiger partial charge in [-0.1, -0.05) is 11.6 Å². The lowest BCUT2D eigenvalue weighted by Gasteiger charge is -2.15. The number of nitrogens with zero attached hydrogens (tertiary/aromatic N) is 2. The lowest BCUT2D eigenvalue weighted by atomic mass is 10.1. The van der Waals surface area contributed by atoms with Gasteiger partial charge >= 0.3 is 0 Å². The minimum atomic E-state index is -0.293. The van der Waals surface area contributed by atoms with Crippen molar-refractivity contribution in [2.45, 2.75) is 20.4 Å². The fraction of sp³-hybridized carbons (Fsp3) is 0.238. The third kappa shape index (κ3) is 3.82. The molecule has 1 aromatic carbocycles. The van der Waals surface area contributed by atoms with E-state index < -0.39 is 0 Å². The predicted octanol–water partition coefficient (Wildman–Crippen LogP) is 4.09. The van der Waals surface area contributed by atoms with Crippen molar-refractivity contribution in [2.75, 3.05) is 14.2 Å². The Labute approximate surface area is 169 Å². The van der Waals surface area contributed by atoms with Gasteiger partial charge in [0.1, 0.15) is 11.5 Å². The van der Waals surface area contributed by atoms with Crippen molar-refractivity contribution < 1.29 is 14.3 Å². The van der Waals surface area contributed by atoms with Crippen molar-refractivity contribution in [2.24, 2.45) is 0 Å². The SMILES string of the molecule is COc1cc(-n2cccc2)c(Cl)cc1C(=O)NCc1ncc(C)c(OC)c1C. The molecule has 0 saturated heterocycles. The first kappa shape index (κ1) is 19.8. The smallest absolute Gasteiger partial charge is 0.255 e. The molecule has 7 heteroatoms. The van der Waals surface area contributed by atoms with E-state index in [1.165, 1.54) is 7.11 Å². The average molecular weight is 400 g/mol. The van der Waals surface area contributed by atoms with Gasteiger partial charge in [-0.2, -0.15) is 0 Å². The van der Waals surface area contributed by atoms with Crippen LogP contribution in [-0.2, 0) is 6.54 Å². The normalized spacial score (nSPS) is 10.6. The van der Waals surface area contributed by atoms with Crippen molar-refractivity contribution in [1.29, 1.82) is 0 Å². The van der Waals surface area contributed by atoms with Gasteiger partial charge in [0.15, 0.2) is 0 Å². The monoisotopic (exact) mass is 399 g/mol. The summed E-state index contributed by atoms with van der Waals surface area (Å²) in [5.41, 5.74) is 3.69. The number of rotatable bonds is 6. The van der Waals surface area contributed by atoms with Crippen LogP contribution in [0.15, 0.2) is 42.9 Å². The summed E-state index contributed by atoms with van der Waals surface area (Å²) in [6.07, 6.45) is 5.48. The number of carbonyl (C=O) groups excluding carboxylic acids is 1. The summed E-state index contributed by atoms with van der Waals surface area (Å²) in [5.74, 6) is 0.922. The van der Waals surface area contributed by atoms with Crippen LogP contribution in [0, 0.1) is 13.8 Å². The number of benzene rings is 1. The van der Waals surface area contributed by atoms with Gasteiger partial charge in [0, 0.05) is 35.8 Å². The third-order valence-corrected chi connectivity index (χ3v) is 4.87. The average Bonchev–Trinajstić information content (AvgIpc) is 3.22. The minimum absolute atomic E-state index is 0.265. The van der Waals surface area contributed by atoms with Gasteiger partial charge in [-0.3, -0.25) is 9.78 Å². The van der Waals surface area contributed by atoms with Crippen LogP contribution in [0.2, 0.25) is 5.02 Å². The zero-order valence-electron chi connectivity index (χ0n) is 16.2. The first-order chi connectivity index (χ1) is 13.5. The molecule has 0 aliphatic heterocycles. The van der Waals surface area contributed by atoms with Gasteiger partial charge in [-0.05, 0) is 32.0 Å². The van der Waals surface area contributed by atoms with E-state index in [0.29, 0.717) is 16.3 Å². The van der Waals surface area contributed by atoms with E-state index in [1.807, 2.05) is 42.9 Å². The van der Waals surface area contributed by atoms with Gasteiger partial charge < -0.3 is 19.4 Å². The Kier molecular flexibility index (Phi) is 5.90. The maximum atomic E-state index is 12.8. The summed E-state index contributed by atoms with van der Waals surface area (Å²) in [5, 5.41) is 3.33. The zero-order chi connectivity index (χ0) is 20.3. The van der Waals surface area contributed by atoms with Crippen molar-refractivity contribution in [3.05, 3.63) is 70.3 Å². The number of hydrogen-bond donors (Lipinski definition) is 1. The summed E-state index contributed by atoms with van der Waals surface area (Å²) >= 11 is 6.41. The number of aromatic nitrogens is 2. The van der Waals surface area contributed by atoms with Gasteiger partial charge in [0.05, 0.1) is 42.7 Å². The van der Waals surface area contributed by atoms with E-state index in [-0.39, 0.29) is 12.5 Å². The van der Waals surface area contributed by atoms with Gasteiger partial charge in [-0.25, -0.2) is 0 Å². The molecule has 1 amide bonds. The van der Waals surface area contributed by atoms with E-state index in [4.69, 9.17) is 21.1 Å². The molecule has 2 aromatic heterocycles. The van der Waals surface area contributed by atoms with E-state index >= 15 is 0 Å². The van der Waals surface area contributed by atoms with Gasteiger partial charge in [0.2, 0.25) is 0 Å². The standard InChI is InChI=1S/C21H22ClN3O3/c1-13-11-23-17(14(2)20(13)28-4)12-24-21(26)15-9-16(22)18(10-19(15)27-3)25-7-5-6-8-25/h5-11H,12H2,1-4H3,(H,24,26). The largest absolute Gasteiger partial charge is 0.496 e. The molecule has 28 heavy (non-hydrogen) atoms. The predicted molar refractivity (Wildman–Crippen MR) is 109 cm³/mol. The summed E-state index contributed by atoms with van der Waals surface area (Å²) in [4.78, 5) is 17.2. The van der Waals surface area contributed by atoms with Crippen LogP contribution in [-0.4, -0.2) is 29.7 Å². The molecule has 0 aliphatic carbocycles. The second kappa shape index (κ2) is 8.35. The molecule has 0 saturated carbocycles. The number of halogens is 1. The maximum absolute atomic E-state index is 12.8. The van der Waals surface area contributed by atoms with Gasteiger partial charge in [-0.15, -0.1) is 0 Å². The van der Waals surface area contributed by atoms with Crippen LogP contribution in [0.25, 0.3) is 5.69 Å². The molecule has 3 aromatic rings. The fourth-order valence-corrected chi connectivity index (χ4v) is 3.35. The molecule has 2 heterocycles. The van der Waals surface area contributed by atoms with Crippen molar-refractivity contribution in [3.8, 4) is 17.2 Å². The molecule has 0 atom stereocenters. The number of hydrogen-bond acceptors (Lipinski definition) is 4. The Bertz CT molecular complexity index is 1000. The second-order valence-corrected chi connectivity index (χ2v) is 6.73. The Hall–Kier alpha value is -2.99. The number of methoxy groups -OCH3 is 2. The Morgan fingerprint density at radius 2 is 1.89 bits per heavy atom. The second-order valence-electron chi connectivity index (χ2n) is 6.32. The molecule has 3 rings (SSSR count).